The van der Waals surface area contributed by atoms with Crippen molar-refractivity contribution in [2.45, 2.75) is 32.9 Å². The number of hydrogen-bond acceptors (Lipinski definition) is 3. The number of para-hydroxylation sites is 1. The summed E-state index contributed by atoms with van der Waals surface area (Å²) in [5, 5.41) is 3.25. The van der Waals surface area contributed by atoms with E-state index in [2.05, 4.69) is 5.32 Å². The highest BCUT2D eigenvalue weighted by molar-refractivity contribution is 6.31. The predicted molar refractivity (Wildman–Crippen MR) is 107 cm³/mol. The Labute approximate surface area is 169 Å². The number of ether oxygens (including phenoxy) is 1. The van der Waals surface area contributed by atoms with Gasteiger partial charge in [-0.25, -0.2) is 4.39 Å². The third-order valence-corrected chi connectivity index (χ3v) is 4.59. The third-order valence-electron chi connectivity index (χ3n) is 4.22. The van der Waals surface area contributed by atoms with Crippen LogP contribution in [0.5, 0.6) is 5.75 Å². The molecule has 0 fully saturated rings. The van der Waals surface area contributed by atoms with Crippen LogP contribution < -0.4 is 10.1 Å². The molecule has 2 amide bonds. The van der Waals surface area contributed by atoms with Gasteiger partial charge in [-0.2, -0.15) is 0 Å². The third kappa shape index (κ3) is 5.70. The average molecular weight is 407 g/mol. The van der Waals surface area contributed by atoms with Gasteiger partial charge >= 0.3 is 0 Å². The molecule has 150 valence electrons. The van der Waals surface area contributed by atoms with Gasteiger partial charge in [-0.1, -0.05) is 48.9 Å². The Morgan fingerprint density at radius 3 is 2.46 bits per heavy atom. The van der Waals surface area contributed by atoms with Crippen molar-refractivity contribution in [3.63, 3.8) is 0 Å². The van der Waals surface area contributed by atoms with E-state index in [0.29, 0.717) is 23.6 Å². The lowest BCUT2D eigenvalue weighted by Gasteiger charge is -2.30. The summed E-state index contributed by atoms with van der Waals surface area (Å²) in [4.78, 5) is 26.8. The SMILES string of the molecule is CCNC(=O)C(CC)N(Cc1ccccc1Cl)C(=O)COc1ccccc1F. The van der Waals surface area contributed by atoms with E-state index in [1.165, 1.54) is 23.1 Å². The van der Waals surface area contributed by atoms with Crippen molar-refractivity contribution in [1.29, 1.82) is 0 Å². The van der Waals surface area contributed by atoms with Crippen LogP contribution in [0.1, 0.15) is 25.8 Å². The van der Waals surface area contributed by atoms with Gasteiger partial charge in [-0.05, 0) is 37.1 Å². The van der Waals surface area contributed by atoms with E-state index in [0.717, 1.165) is 0 Å². The first-order valence-corrected chi connectivity index (χ1v) is 9.53. The Morgan fingerprint density at radius 2 is 1.82 bits per heavy atom. The van der Waals surface area contributed by atoms with E-state index in [4.69, 9.17) is 16.3 Å². The molecular weight excluding hydrogens is 383 g/mol. The fourth-order valence-corrected chi connectivity index (χ4v) is 3.00. The standard InChI is InChI=1S/C21H24ClFN2O3/c1-3-18(21(27)24-4-2)25(13-15-9-5-6-10-16(15)22)20(26)14-28-19-12-8-7-11-17(19)23/h5-12,18H,3-4,13-14H2,1-2H3,(H,24,27). The molecule has 0 aliphatic rings. The molecule has 1 atom stereocenters. The molecule has 7 heteroatoms. The van der Waals surface area contributed by atoms with Gasteiger partial charge in [-0.15, -0.1) is 0 Å². The van der Waals surface area contributed by atoms with E-state index in [-0.39, 0.29) is 24.8 Å². The van der Waals surface area contributed by atoms with Crippen LogP contribution in [-0.2, 0) is 16.1 Å². The first kappa shape index (κ1) is 21.7. The molecule has 2 aromatic rings. The lowest BCUT2D eigenvalue weighted by molar-refractivity contribution is -0.143. The van der Waals surface area contributed by atoms with Crippen LogP contribution in [-0.4, -0.2) is 35.9 Å². The van der Waals surface area contributed by atoms with Gasteiger partial charge in [0.25, 0.3) is 5.91 Å². The minimum absolute atomic E-state index is 0.0143. The van der Waals surface area contributed by atoms with Crippen LogP contribution in [0.4, 0.5) is 4.39 Å². The van der Waals surface area contributed by atoms with E-state index >= 15 is 0 Å². The monoisotopic (exact) mass is 406 g/mol. The molecule has 2 aromatic carbocycles. The summed E-state index contributed by atoms with van der Waals surface area (Å²) in [6.45, 7) is 3.85. The Bertz CT molecular complexity index is 816. The van der Waals surface area contributed by atoms with Crippen molar-refractivity contribution < 1.29 is 18.7 Å². The second-order valence-electron chi connectivity index (χ2n) is 6.15. The Hall–Kier alpha value is -2.60. The zero-order chi connectivity index (χ0) is 20.5. The van der Waals surface area contributed by atoms with Crippen LogP contribution in [0.15, 0.2) is 48.5 Å². The minimum atomic E-state index is -0.687. The molecule has 0 saturated heterocycles. The smallest absolute Gasteiger partial charge is 0.261 e. The normalized spacial score (nSPS) is 11.6. The fraction of sp³-hybridized carbons (Fsp3) is 0.333. The summed E-state index contributed by atoms with van der Waals surface area (Å²) >= 11 is 6.24. The van der Waals surface area contributed by atoms with Crippen LogP contribution in [0.2, 0.25) is 5.02 Å². The van der Waals surface area contributed by atoms with E-state index in [1.807, 2.05) is 19.9 Å². The predicted octanol–water partition coefficient (Wildman–Crippen LogP) is 3.80. The fourth-order valence-electron chi connectivity index (χ4n) is 2.81. The van der Waals surface area contributed by atoms with Crippen molar-refractivity contribution in [1.82, 2.24) is 10.2 Å². The largest absolute Gasteiger partial charge is 0.481 e. The summed E-state index contributed by atoms with van der Waals surface area (Å²) in [5.41, 5.74) is 0.714. The quantitative estimate of drug-likeness (QED) is 0.689. The second kappa shape index (κ2) is 10.7. The molecule has 1 unspecified atom stereocenters. The number of halogens is 2. The van der Waals surface area contributed by atoms with Crippen molar-refractivity contribution in [3.8, 4) is 5.75 Å². The van der Waals surface area contributed by atoms with Gasteiger partial charge in [0.1, 0.15) is 6.04 Å². The van der Waals surface area contributed by atoms with Gasteiger partial charge in [0, 0.05) is 18.1 Å². The summed E-state index contributed by atoms with van der Waals surface area (Å²) < 4.78 is 19.1. The second-order valence-corrected chi connectivity index (χ2v) is 6.56. The van der Waals surface area contributed by atoms with Crippen LogP contribution in [0.25, 0.3) is 0 Å². The maximum Gasteiger partial charge on any atom is 0.261 e. The number of nitrogens with zero attached hydrogens (tertiary/aromatic N) is 1. The molecule has 1 N–H and O–H groups in total. The van der Waals surface area contributed by atoms with Crippen molar-refractivity contribution in [2.75, 3.05) is 13.2 Å². The highest BCUT2D eigenvalue weighted by Gasteiger charge is 2.29. The van der Waals surface area contributed by atoms with E-state index < -0.39 is 17.8 Å². The molecular formula is C21H24ClFN2O3. The number of benzene rings is 2. The van der Waals surface area contributed by atoms with E-state index in [9.17, 15) is 14.0 Å². The maximum absolute atomic E-state index is 13.8. The highest BCUT2D eigenvalue weighted by Crippen LogP contribution is 2.20. The van der Waals surface area contributed by atoms with Crippen molar-refractivity contribution in [3.05, 3.63) is 64.9 Å². The lowest BCUT2D eigenvalue weighted by Crippen LogP contribution is -2.50. The average Bonchev–Trinajstić information content (AvgIpc) is 2.68. The van der Waals surface area contributed by atoms with Gasteiger partial charge in [0.2, 0.25) is 5.91 Å². The van der Waals surface area contributed by atoms with Gasteiger partial charge in [-0.3, -0.25) is 9.59 Å². The number of hydrogen-bond donors (Lipinski definition) is 1. The van der Waals surface area contributed by atoms with E-state index in [1.54, 1.807) is 24.3 Å². The Balaban J connectivity index is 2.23. The number of carbonyl (C=O) groups is 2. The first-order chi connectivity index (χ1) is 13.5. The molecule has 0 aliphatic carbocycles. The summed E-state index contributed by atoms with van der Waals surface area (Å²) in [6, 6.07) is 12.3. The maximum atomic E-state index is 13.8. The number of amides is 2. The summed E-state index contributed by atoms with van der Waals surface area (Å²) in [7, 11) is 0. The topological polar surface area (TPSA) is 58.6 Å². The Kier molecular flexibility index (Phi) is 8.26. The molecule has 28 heavy (non-hydrogen) atoms. The zero-order valence-electron chi connectivity index (χ0n) is 16.0. The minimum Gasteiger partial charge on any atom is -0.481 e. The molecule has 0 heterocycles. The van der Waals surface area contributed by atoms with Crippen molar-refractivity contribution in [2.24, 2.45) is 0 Å². The van der Waals surface area contributed by atoms with Gasteiger partial charge in [0.15, 0.2) is 18.2 Å². The number of likely N-dealkylation sites (N-methyl/N-ethyl adjacent to an activating group) is 1. The van der Waals surface area contributed by atoms with Crippen LogP contribution in [0.3, 0.4) is 0 Å². The molecule has 0 bridgehead atoms. The van der Waals surface area contributed by atoms with Crippen molar-refractivity contribution >= 4 is 23.4 Å². The highest BCUT2D eigenvalue weighted by atomic mass is 35.5. The summed E-state index contributed by atoms with van der Waals surface area (Å²) in [6.07, 6.45) is 0.418. The van der Waals surface area contributed by atoms with Crippen LogP contribution >= 0.6 is 11.6 Å². The first-order valence-electron chi connectivity index (χ1n) is 9.15. The molecule has 0 spiro atoms. The van der Waals surface area contributed by atoms with Crippen LogP contribution in [0, 0.1) is 5.82 Å². The van der Waals surface area contributed by atoms with Gasteiger partial charge < -0.3 is 15.0 Å². The zero-order valence-corrected chi connectivity index (χ0v) is 16.7. The van der Waals surface area contributed by atoms with Gasteiger partial charge in [0.05, 0.1) is 0 Å². The number of rotatable bonds is 9. The molecule has 0 aliphatic heterocycles. The molecule has 0 radical (unpaired) electrons. The molecule has 5 nitrogen and oxygen atoms in total. The number of nitrogens with one attached hydrogen (secondary N) is 1. The Morgan fingerprint density at radius 1 is 1.14 bits per heavy atom. The molecule has 0 saturated carbocycles. The lowest BCUT2D eigenvalue weighted by atomic mass is 10.1. The molecule has 0 aromatic heterocycles. The number of carbonyl (C=O) groups excluding carboxylic acids is 2. The molecule has 2 rings (SSSR count). The summed E-state index contributed by atoms with van der Waals surface area (Å²) in [5.74, 6) is -1.25.